The van der Waals surface area contributed by atoms with Gasteiger partial charge in [0, 0.05) is 5.71 Å². The summed E-state index contributed by atoms with van der Waals surface area (Å²) in [6, 6.07) is 6.13. The van der Waals surface area contributed by atoms with Crippen LogP contribution in [0.15, 0.2) is 29.3 Å². The van der Waals surface area contributed by atoms with Gasteiger partial charge in [0.15, 0.2) is 5.54 Å². The molecule has 0 saturated heterocycles. The van der Waals surface area contributed by atoms with E-state index in [0.717, 1.165) is 0 Å². The molecule has 1 aromatic rings. The number of hydrogen-bond acceptors (Lipinski definition) is 2. The Labute approximate surface area is 99.0 Å². The van der Waals surface area contributed by atoms with Crippen LogP contribution in [0, 0.1) is 5.82 Å². The molecule has 0 fully saturated rings. The van der Waals surface area contributed by atoms with E-state index in [0.29, 0.717) is 30.5 Å². The summed E-state index contributed by atoms with van der Waals surface area (Å²) < 4.78 is 13.1. The second kappa shape index (κ2) is 4.28. The third-order valence-electron chi connectivity index (χ3n) is 3.27. The number of aliphatic imine (C=N–C) groups is 1. The maximum atomic E-state index is 13.1. The normalized spacial score (nSPS) is 23.5. The van der Waals surface area contributed by atoms with Crippen molar-refractivity contribution in [2.24, 2.45) is 4.99 Å². The molecular weight excluding hydrogens is 221 g/mol. The van der Waals surface area contributed by atoms with Gasteiger partial charge >= 0.3 is 5.97 Å². The number of carbonyl (C=O) groups is 1. The molecule has 0 bridgehead atoms. The van der Waals surface area contributed by atoms with Crippen molar-refractivity contribution >= 4 is 11.7 Å². The van der Waals surface area contributed by atoms with Gasteiger partial charge in [-0.2, -0.15) is 0 Å². The number of carboxylic acid groups (broad SMARTS) is 1. The molecule has 1 aliphatic rings. The lowest BCUT2D eigenvalue weighted by Crippen LogP contribution is -2.33. The topological polar surface area (TPSA) is 49.7 Å². The van der Waals surface area contributed by atoms with Crippen LogP contribution < -0.4 is 0 Å². The largest absolute Gasteiger partial charge is 0.479 e. The van der Waals surface area contributed by atoms with Gasteiger partial charge in [0.05, 0.1) is 0 Å². The summed E-state index contributed by atoms with van der Waals surface area (Å²) in [6.07, 6.45) is 1.54. The van der Waals surface area contributed by atoms with Crippen molar-refractivity contribution in [3.05, 3.63) is 35.6 Å². The van der Waals surface area contributed by atoms with Crippen molar-refractivity contribution in [1.29, 1.82) is 0 Å². The lowest BCUT2D eigenvalue weighted by Gasteiger charge is -2.17. The smallest absolute Gasteiger partial charge is 0.331 e. The van der Waals surface area contributed by atoms with E-state index in [1.807, 2.05) is 6.92 Å². The Morgan fingerprint density at radius 3 is 2.88 bits per heavy atom. The Morgan fingerprint density at radius 1 is 1.59 bits per heavy atom. The van der Waals surface area contributed by atoms with Crippen molar-refractivity contribution in [3.8, 4) is 0 Å². The van der Waals surface area contributed by atoms with Crippen molar-refractivity contribution in [3.63, 3.8) is 0 Å². The van der Waals surface area contributed by atoms with Crippen LogP contribution in [0.2, 0.25) is 0 Å². The molecule has 1 aliphatic heterocycles. The van der Waals surface area contributed by atoms with E-state index >= 15 is 0 Å². The van der Waals surface area contributed by atoms with Crippen LogP contribution in [-0.2, 0) is 4.79 Å². The Hall–Kier alpha value is -1.71. The van der Waals surface area contributed by atoms with Gasteiger partial charge in [-0.05, 0) is 37.0 Å². The van der Waals surface area contributed by atoms with Crippen molar-refractivity contribution in [1.82, 2.24) is 0 Å². The molecule has 0 saturated carbocycles. The quantitative estimate of drug-likeness (QED) is 0.875. The number of halogens is 1. The molecule has 1 heterocycles. The molecule has 0 aromatic heterocycles. The third kappa shape index (κ3) is 2.07. The minimum absolute atomic E-state index is 0.325. The van der Waals surface area contributed by atoms with Crippen LogP contribution in [0.5, 0.6) is 0 Å². The van der Waals surface area contributed by atoms with Gasteiger partial charge in [-0.25, -0.2) is 9.18 Å². The second-order valence-electron chi connectivity index (χ2n) is 4.26. The van der Waals surface area contributed by atoms with Gasteiger partial charge in [-0.1, -0.05) is 19.1 Å². The van der Waals surface area contributed by atoms with Crippen LogP contribution in [0.1, 0.15) is 31.7 Å². The van der Waals surface area contributed by atoms with Gasteiger partial charge in [0.2, 0.25) is 0 Å². The van der Waals surface area contributed by atoms with E-state index in [2.05, 4.69) is 4.99 Å². The SMILES string of the molecule is CC[C@]1(C(=O)O)CCC(c2cccc(F)c2)=N1. The Kier molecular flexibility index (Phi) is 2.96. The van der Waals surface area contributed by atoms with Crippen molar-refractivity contribution in [2.45, 2.75) is 31.7 Å². The summed E-state index contributed by atoms with van der Waals surface area (Å²) in [4.78, 5) is 15.5. The first-order valence-corrected chi connectivity index (χ1v) is 5.65. The van der Waals surface area contributed by atoms with Crippen LogP contribution in [0.3, 0.4) is 0 Å². The number of benzene rings is 1. The average molecular weight is 235 g/mol. The monoisotopic (exact) mass is 235 g/mol. The standard InChI is InChI=1S/C13H14FNO2/c1-2-13(12(16)17)7-6-11(15-13)9-4-3-5-10(14)8-9/h3-5,8H,2,6-7H2,1H3,(H,16,17)/t13-/m1/s1. The molecule has 0 radical (unpaired) electrons. The fourth-order valence-corrected chi connectivity index (χ4v) is 2.13. The first-order valence-electron chi connectivity index (χ1n) is 5.65. The molecule has 2 rings (SSSR count). The lowest BCUT2D eigenvalue weighted by molar-refractivity contribution is -0.143. The highest BCUT2D eigenvalue weighted by atomic mass is 19.1. The van der Waals surface area contributed by atoms with Crippen LogP contribution >= 0.6 is 0 Å². The minimum Gasteiger partial charge on any atom is -0.479 e. The van der Waals surface area contributed by atoms with E-state index in [1.165, 1.54) is 12.1 Å². The average Bonchev–Trinajstić information content (AvgIpc) is 2.74. The highest BCUT2D eigenvalue weighted by Crippen LogP contribution is 2.31. The Morgan fingerprint density at radius 2 is 2.35 bits per heavy atom. The molecule has 1 atom stereocenters. The first-order chi connectivity index (χ1) is 8.07. The molecule has 4 heteroatoms. The van der Waals surface area contributed by atoms with Crippen molar-refractivity contribution < 1.29 is 14.3 Å². The molecule has 90 valence electrons. The molecule has 1 aromatic carbocycles. The fourth-order valence-electron chi connectivity index (χ4n) is 2.13. The number of carboxylic acids is 1. The maximum absolute atomic E-state index is 13.1. The summed E-state index contributed by atoms with van der Waals surface area (Å²) >= 11 is 0. The highest BCUT2D eigenvalue weighted by Gasteiger charge is 2.40. The third-order valence-corrected chi connectivity index (χ3v) is 3.27. The molecule has 1 N–H and O–H groups in total. The van der Waals surface area contributed by atoms with Crippen LogP contribution in [0.25, 0.3) is 0 Å². The van der Waals surface area contributed by atoms with Gasteiger partial charge in [-0.15, -0.1) is 0 Å². The van der Waals surface area contributed by atoms with Gasteiger partial charge in [0.1, 0.15) is 5.82 Å². The number of hydrogen-bond donors (Lipinski definition) is 1. The molecule has 0 spiro atoms. The maximum Gasteiger partial charge on any atom is 0.331 e. The van der Waals surface area contributed by atoms with E-state index in [4.69, 9.17) is 0 Å². The predicted molar refractivity (Wildman–Crippen MR) is 62.8 cm³/mol. The van der Waals surface area contributed by atoms with Gasteiger partial charge < -0.3 is 5.11 Å². The van der Waals surface area contributed by atoms with E-state index in [9.17, 15) is 14.3 Å². The molecular formula is C13H14FNO2. The second-order valence-corrected chi connectivity index (χ2v) is 4.26. The zero-order valence-corrected chi connectivity index (χ0v) is 9.61. The Balaban J connectivity index is 2.36. The first kappa shape index (κ1) is 11.8. The highest BCUT2D eigenvalue weighted by molar-refractivity contribution is 6.04. The van der Waals surface area contributed by atoms with Gasteiger partial charge in [0.25, 0.3) is 0 Å². The summed E-state index contributed by atoms with van der Waals surface area (Å²) in [7, 11) is 0. The minimum atomic E-state index is -1.01. The summed E-state index contributed by atoms with van der Waals surface area (Å²) in [6.45, 7) is 1.81. The fraction of sp³-hybridized carbons (Fsp3) is 0.385. The summed E-state index contributed by atoms with van der Waals surface area (Å²) in [5.74, 6) is -1.22. The van der Waals surface area contributed by atoms with Crippen LogP contribution in [0.4, 0.5) is 4.39 Å². The summed E-state index contributed by atoms with van der Waals surface area (Å²) in [5, 5.41) is 9.20. The number of rotatable bonds is 3. The molecule has 17 heavy (non-hydrogen) atoms. The Bertz CT molecular complexity index is 484. The van der Waals surface area contributed by atoms with Crippen LogP contribution in [-0.4, -0.2) is 22.3 Å². The lowest BCUT2D eigenvalue weighted by atomic mass is 9.94. The summed E-state index contributed by atoms with van der Waals surface area (Å²) in [5.41, 5.74) is 0.358. The van der Waals surface area contributed by atoms with E-state index < -0.39 is 11.5 Å². The molecule has 0 amide bonds. The van der Waals surface area contributed by atoms with Crippen molar-refractivity contribution in [2.75, 3.05) is 0 Å². The molecule has 0 unspecified atom stereocenters. The zero-order valence-electron chi connectivity index (χ0n) is 9.61. The zero-order chi connectivity index (χ0) is 12.5. The predicted octanol–water partition coefficient (Wildman–Crippen LogP) is 2.64. The number of aliphatic carboxylic acids is 1. The number of nitrogens with zero attached hydrogens (tertiary/aromatic N) is 1. The van der Waals surface area contributed by atoms with E-state index in [-0.39, 0.29) is 5.82 Å². The molecule has 3 nitrogen and oxygen atoms in total. The van der Waals surface area contributed by atoms with Gasteiger partial charge in [-0.3, -0.25) is 4.99 Å². The van der Waals surface area contributed by atoms with E-state index in [1.54, 1.807) is 12.1 Å². The molecule has 0 aliphatic carbocycles.